The molecule has 0 spiro atoms. The molecule has 0 saturated heterocycles. The third kappa shape index (κ3) is 3.43. The lowest BCUT2D eigenvalue weighted by Gasteiger charge is -2.13. The van der Waals surface area contributed by atoms with Crippen LogP contribution in [0.25, 0.3) is 0 Å². The Kier molecular flexibility index (Phi) is 4.28. The number of rotatable bonds is 4. The van der Waals surface area contributed by atoms with E-state index in [1.165, 1.54) is 0 Å². The molecule has 0 radical (unpaired) electrons. The first-order valence-electron chi connectivity index (χ1n) is 7.55. The summed E-state index contributed by atoms with van der Waals surface area (Å²) in [4.78, 5) is 36.4. The van der Waals surface area contributed by atoms with Crippen LogP contribution in [0, 0.1) is 6.92 Å². The van der Waals surface area contributed by atoms with Crippen molar-refractivity contribution in [3.63, 3.8) is 0 Å². The number of hydrogen-bond acceptors (Lipinski definition) is 4. The fourth-order valence-corrected chi connectivity index (χ4v) is 2.48. The minimum Gasteiger partial charge on any atom is -0.340 e. The average molecular weight is 327 g/mol. The third-order valence-electron chi connectivity index (χ3n) is 3.68. The van der Waals surface area contributed by atoms with E-state index in [1.807, 2.05) is 6.92 Å². The van der Waals surface area contributed by atoms with Crippen molar-refractivity contribution < 1.29 is 14.4 Å². The monoisotopic (exact) mass is 327 g/mol. The predicted molar refractivity (Wildman–Crippen MR) is 87.5 cm³/mol. The van der Waals surface area contributed by atoms with Crippen LogP contribution in [0.3, 0.4) is 0 Å². The van der Waals surface area contributed by atoms with Gasteiger partial charge in [-0.2, -0.15) is 5.10 Å². The SMILES string of the molecule is Cc1cc(NC(=O)CC[C@H]2NC(=O)c3ccccc3NC2=O)n[nH]1. The van der Waals surface area contributed by atoms with Gasteiger partial charge >= 0.3 is 0 Å². The standard InChI is InChI=1S/C16H17N5O3/c1-9-8-13(21-20-9)19-14(22)7-6-12-16(24)17-11-5-3-2-4-10(11)15(23)18-12/h2-5,8,12H,6-7H2,1H3,(H,17,24)(H,18,23)(H2,19,20,21,22)/t12-/m1/s1. The first-order chi connectivity index (χ1) is 11.5. The maximum atomic E-state index is 12.2. The number of amides is 3. The van der Waals surface area contributed by atoms with Crippen LogP contribution in [0.5, 0.6) is 0 Å². The zero-order valence-electron chi connectivity index (χ0n) is 13.1. The Hall–Kier alpha value is -3.16. The number of H-pyrrole nitrogens is 1. The smallest absolute Gasteiger partial charge is 0.254 e. The highest BCUT2D eigenvalue weighted by molar-refractivity contribution is 6.09. The molecule has 1 aliphatic heterocycles. The molecule has 1 aromatic carbocycles. The van der Waals surface area contributed by atoms with Crippen LogP contribution in [0.1, 0.15) is 28.9 Å². The van der Waals surface area contributed by atoms with E-state index in [0.29, 0.717) is 17.1 Å². The van der Waals surface area contributed by atoms with E-state index in [9.17, 15) is 14.4 Å². The second-order valence-electron chi connectivity index (χ2n) is 5.58. The third-order valence-corrected chi connectivity index (χ3v) is 3.68. The maximum absolute atomic E-state index is 12.2. The van der Waals surface area contributed by atoms with Crippen LogP contribution in [0.4, 0.5) is 11.5 Å². The van der Waals surface area contributed by atoms with Crippen LogP contribution in [-0.4, -0.2) is 34.0 Å². The first-order valence-corrected chi connectivity index (χ1v) is 7.55. The van der Waals surface area contributed by atoms with E-state index < -0.39 is 6.04 Å². The molecule has 0 bridgehead atoms. The molecule has 8 nitrogen and oxygen atoms in total. The normalized spacial score (nSPS) is 16.6. The van der Waals surface area contributed by atoms with Crippen molar-refractivity contribution in [2.24, 2.45) is 0 Å². The molecular formula is C16H17N5O3. The molecule has 0 saturated carbocycles. The van der Waals surface area contributed by atoms with Gasteiger partial charge in [0.2, 0.25) is 11.8 Å². The van der Waals surface area contributed by atoms with Gasteiger partial charge in [0.25, 0.3) is 5.91 Å². The Morgan fingerprint density at radius 1 is 1.29 bits per heavy atom. The van der Waals surface area contributed by atoms with Gasteiger partial charge in [0, 0.05) is 18.2 Å². The molecule has 3 rings (SSSR count). The number of para-hydroxylation sites is 1. The summed E-state index contributed by atoms with van der Waals surface area (Å²) < 4.78 is 0. The van der Waals surface area contributed by atoms with Crippen LogP contribution in [0.2, 0.25) is 0 Å². The molecule has 0 unspecified atom stereocenters. The molecule has 8 heteroatoms. The number of aromatic nitrogens is 2. The van der Waals surface area contributed by atoms with Crippen molar-refractivity contribution in [2.45, 2.75) is 25.8 Å². The molecule has 1 atom stereocenters. The number of benzene rings is 1. The van der Waals surface area contributed by atoms with Gasteiger partial charge in [0.1, 0.15) is 6.04 Å². The summed E-state index contributed by atoms with van der Waals surface area (Å²) in [5, 5.41) is 14.6. The summed E-state index contributed by atoms with van der Waals surface area (Å²) in [6.45, 7) is 1.83. The predicted octanol–water partition coefficient (Wildman–Crippen LogP) is 1.19. The molecule has 0 fully saturated rings. The Morgan fingerprint density at radius 3 is 2.83 bits per heavy atom. The molecule has 1 aromatic heterocycles. The number of nitrogens with one attached hydrogen (secondary N) is 4. The molecule has 24 heavy (non-hydrogen) atoms. The number of hydrogen-bond donors (Lipinski definition) is 4. The fourth-order valence-electron chi connectivity index (χ4n) is 2.48. The lowest BCUT2D eigenvalue weighted by molar-refractivity contribution is -0.118. The largest absolute Gasteiger partial charge is 0.340 e. The van der Waals surface area contributed by atoms with E-state index in [4.69, 9.17) is 0 Å². The van der Waals surface area contributed by atoms with Gasteiger partial charge in [0.15, 0.2) is 5.82 Å². The molecule has 0 aliphatic carbocycles. The summed E-state index contributed by atoms with van der Waals surface area (Å²) in [6, 6.07) is 7.71. The molecule has 124 valence electrons. The Labute approximate surface area is 138 Å². The first kappa shape index (κ1) is 15.7. The van der Waals surface area contributed by atoms with Gasteiger partial charge in [-0.3, -0.25) is 19.5 Å². The lowest BCUT2D eigenvalue weighted by atomic mass is 10.1. The van der Waals surface area contributed by atoms with E-state index in [-0.39, 0.29) is 30.6 Å². The lowest BCUT2D eigenvalue weighted by Crippen LogP contribution is -2.41. The number of carbonyl (C=O) groups is 3. The summed E-state index contributed by atoms with van der Waals surface area (Å²) >= 11 is 0. The number of fused-ring (bicyclic) bond motifs is 1. The number of anilines is 2. The fraction of sp³-hybridized carbons (Fsp3) is 0.250. The summed E-state index contributed by atoms with van der Waals surface area (Å²) in [6.07, 6.45) is 0.279. The average Bonchev–Trinajstić information content (AvgIpc) is 2.91. The summed E-state index contributed by atoms with van der Waals surface area (Å²) in [5.74, 6) is -0.515. The molecule has 4 N–H and O–H groups in total. The number of aromatic amines is 1. The van der Waals surface area contributed by atoms with E-state index >= 15 is 0 Å². The van der Waals surface area contributed by atoms with Crippen molar-refractivity contribution in [3.8, 4) is 0 Å². The summed E-state index contributed by atoms with van der Waals surface area (Å²) in [7, 11) is 0. The van der Waals surface area contributed by atoms with E-state index in [0.717, 1.165) is 5.69 Å². The van der Waals surface area contributed by atoms with Crippen molar-refractivity contribution >= 4 is 29.2 Å². The topological polar surface area (TPSA) is 116 Å². The number of nitrogens with zero attached hydrogens (tertiary/aromatic N) is 1. The maximum Gasteiger partial charge on any atom is 0.254 e. The van der Waals surface area contributed by atoms with Gasteiger partial charge in [-0.1, -0.05) is 12.1 Å². The summed E-state index contributed by atoms with van der Waals surface area (Å²) in [5.41, 5.74) is 1.71. The van der Waals surface area contributed by atoms with Crippen molar-refractivity contribution in [3.05, 3.63) is 41.6 Å². The van der Waals surface area contributed by atoms with Gasteiger partial charge in [-0.15, -0.1) is 0 Å². The minimum absolute atomic E-state index is 0.0839. The van der Waals surface area contributed by atoms with Crippen LogP contribution >= 0.6 is 0 Å². The van der Waals surface area contributed by atoms with E-state index in [1.54, 1.807) is 30.3 Å². The minimum atomic E-state index is -0.767. The van der Waals surface area contributed by atoms with Crippen molar-refractivity contribution in [1.29, 1.82) is 0 Å². The number of carbonyl (C=O) groups excluding carboxylic acids is 3. The van der Waals surface area contributed by atoms with Crippen molar-refractivity contribution in [1.82, 2.24) is 15.5 Å². The number of aryl methyl sites for hydroxylation is 1. The van der Waals surface area contributed by atoms with E-state index in [2.05, 4.69) is 26.1 Å². The van der Waals surface area contributed by atoms with Gasteiger partial charge in [-0.05, 0) is 25.5 Å². The molecule has 2 heterocycles. The molecule has 3 amide bonds. The molecule has 1 aliphatic rings. The van der Waals surface area contributed by atoms with Crippen LogP contribution in [-0.2, 0) is 9.59 Å². The Bertz CT molecular complexity index is 799. The zero-order valence-corrected chi connectivity index (χ0v) is 13.1. The van der Waals surface area contributed by atoms with Gasteiger partial charge < -0.3 is 16.0 Å². The Balaban J connectivity index is 1.60. The second-order valence-corrected chi connectivity index (χ2v) is 5.58. The van der Waals surface area contributed by atoms with Crippen LogP contribution < -0.4 is 16.0 Å². The van der Waals surface area contributed by atoms with Gasteiger partial charge in [-0.25, -0.2) is 0 Å². The highest BCUT2D eigenvalue weighted by Gasteiger charge is 2.27. The highest BCUT2D eigenvalue weighted by atomic mass is 16.2. The second kappa shape index (κ2) is 6.53. The quantitative estimate of drug-likeness (QED) is 0.675. The zero-order chi connectivity index (χ0) is 17.1. The van der Waals surface area contributed by atoms with Crippen LogP contribution in [0.15, 0.2) is 30.3 Å². The molecular weight excluding hydrogens is 310 g/mol. The molecule has 2 aromatic rings. The Morgan fingerprint density at radius 2 is 2.08 bits per heavy atom. The van der Waals surface area contributed by atoms with Gasteiger partial charge in [0.05, 0.1) is 11.3 Å². The van der Waals surface area contributed by atoms with Crippen molar-refractivity contribution in [2.75, 3.05) is 10.6 Å². The highest BCUT2D eigenvalue weighted by Crippen LogP contribution is 2.19.